The highest BCUT2D eigenvalue weighted by molar-refractivity contribution is 8.00. The van der Waals surface area contributed by atoms with E-state index in [9.17, 15) is 4.79 Å². The van der Waals surface area contributed by atoms with Crippen LogP contribution in [0.1, 0.15) is 27.3 Å². The minimum absolute atomic E-state index is 0.211. The molecule has 0 aliphatic rings. The van der Waals surface area contributed by atoms with E-state index in [2.05, 4.69) is 114 Å². The van der Waals surface area contributed by atoms with E-state index >= 15 is 0 Å². The Morgan fingerprint density at radius 3 is 2.27 bits per heavy atom. The Morgan fingerprint density at radius 2 is 1.53 bits per heavy atom. The Labute approximate surface area is 293 Å². The molecule has 0 saturated heterocycles. The monoisotopic (exact) mass is 669 g/mol. The molecule has 0 fully saturated rings. The highest BCUT2D eigenvalue weighted by atomic mass is 32.2. The van der Waals surface area contributed by atoms with Gasteiger partial charge in [0.15, 0.2) is 0 Å². The first kappa shape index (κ1) is 33.8. The van der Waals surface area contributed by atoms with Crippen molar-refractivity contribution in [2.75, 3.05) is 50.5 Å². The maximum Gasteiger partial charge on any atom is 0.278 e. The summed E-state index contributed by atoms with van der Waals surface area (Å²) in [4.78, 5) is 27.3. The van der Waals surface area contributed by atoms with Crippen molar-refractivity contribution in [3.8, 4) is 0 Å². The van der Waals surface area contributed by atoms with Gasteiger partial charge in [-0.15, -0.1) is 0 Å². The summed E-state index contributed by atoms with van der Waals surface area (Å²) >= 11 is 1.78. The van der Waals surface area contributed by atoms with Gasteiger partial charge in [-0.25, -0.2) is 4.98 Å². The van der Waals surface area contributed by atoms with Gasteiger partial charge in [-0.3, -0.25) is 4.79 Å². The summed E-state index contributed by atoms with van der Waals surface area (Å²) in [5.41, 5.74) is 13.0. The van der Waals surface area contributed by atoms with Crippen LogP contribution >= 0.6 is 11.9 Å². The highest BCUT2D eigenvalue weighted by Gasteiger charge is 2.16. The fraction of sp³-hybridized carbons (Fsp3) is 0.225. The Hall–Kier alpha value is -5.12. The number of benzene rings is 5. The smallest absolute Gasteiger partial charge is 0.278 e. The summed E-state index contributed by atoms with van der Waals surface area (Å²) in [7, 11) is 10.5. The number of hydrogen-bond acceptors (Lipinski definition) is 6. The maximum atomic E-state index is 12.5. The molecule has 6 aromatic rings. The third-order valence-electron chi connectivity index (χ3n) is 8.67. The van der Waals surface area contributed by atoms with Crippen LogP contribution < -0.4 is 14.9 Å². The van der Waals surface area contributed by atoms with Gasteiger partial charge in [0.05, 0.1) is 11.0 Å². The van der Waals surface area contributed by atoms with Crippen molar-refractivity contribution < 1.29 is 4.79 Å². The SMILES string of the molecule is CN(C)CCN(Sc1cccc2c(N(C)C)cccc12)c1ccc2c(c1)nc(CCc1ccc(C(N)=NC(=O)c3ccccc3)cc1)n2C. The van der Waals surface area contributed by atoms with E-state index in [1.807, 2.05) is 42.5 Å². The van der Waals surface area contributed by atoms with Crippen LogP contribution in [0.25, 0.3) is 21.8 Å². The molecule has 5 aromatic carbocycles. The van der Waals surface area contributed by atoms with Crippen LogP contribution in [0.3, 0.4) is 0 Å². The average molecular weight is 670 g/mol. The number of amides is 1. The summed E-state index contributed by atoms with van der Waals surface area (Å²) < 4.78 is 4.58. The van der Waals surface area contributed by atoms with E-state index in [4.69, 9.17) is 10.7 Å². The van der Waals surface area contributed by atoms with Crippen LogP contribution in [0.5, 0.6) is 0 Å². The number of aliphatic imine (C=N–C) groups is 1. The molecule has 1 heterocycles. The van der Waals surface area contributed by atoms with Crippen molar-refractivity contribution in [1.29, 1.82) is 0 Å². The van der Waals surface area contributed by atoms with Crippen molar-refractivity contribution in [3.63, 3.8) is 0 Å². The number of carbonyl (C=O) groups excluding carboxylic acids is 1. The Morgan fingerprint density at radius 1 is 0.796 bits per heavy atom. The molecule has 1 aromatic heterocycles. The molecule has 1 amide bonds. The zero-order valence-electron chi connectivity index (χ0n) is 28.8. The number of hydrogen-bond donors (Lipinski definition) is 1. The lowest BCUT2D eigenvalue weighted by molar-refractivity contribution is 0.100. The molecular formula is C40H43N7OS. The first-order chi connectivity index (χ1) is 23.7. The second-order valence-electron chi connectivity index (χ2n) is 12.6. The molecule has 0 bridgehead atoms. The predicted molar refractivity (Wildman–Crippen MR) is 206 cm³/mol. The molecule has 9 heteroatoms. The van der Waals surface area contributed by atoms with E-state index in [0.717, 1.165) is 59.6 Å². The summed E-state index contributed by atoms with van der Waals surface area (Å²) in [6.45, 7) is 1.78. The van der Waals surface area contributed by atoms with E-state index in [1.165, 1.54) is 21.4 Å². The number of likely N-dealkylation sites (N-methyl/N-ethyl adjacent to an activating group) is 1. The number of amidine groups is 1. The van der Waals surface area contributed by atoms with Gasteiger partial charge in [0.25, 0.3) is 5.91 Å². The third kappa shape index (κ3) is 7.80. The van der Waals surface area contributed by atoms with E-state index in [0.29, 0.717) is 5.56 Å². The van der Waals surface area contributed by atoms with Gasteiger partial charge >= 0.3 is 0 Å². The molecule has 0 spiro atoms. The van der Waals surface area contributed by atoms with Crippen molar-refractivity contribution in [3.05, 3.63) is 132 Å². The maximum absolute atomic E-state index is 12.5. The van der Waals surface area contributed by atoms with E-state index < -0.39 is 0 Å². The molecule has 6 rings (SSSR count). The molecule has 0 saturated carbocycles. The van der Waals surface area contributed by atoms with Crippen LogP contribution in [0.2, 0.25) is 0 Å². The van der Waals surface area contributed by atoms with Crippen LogP contribution in [-0.2, 0) is 19.9 Å². The molecule has 0 unspecified atom stereocenters. The molecular weight excluding hydrogens is 627 g/mol. The Balaban J connectivity index is 1.19. The fourth-order valence-electron chi connectivity index (χ4n) is 5.91. The van der Waals surface area contributed by atoms with Crippen molar-refractivity contribution in [2.24, 2.45) is 17.8 Å². The Bertz CT molecular complexity index is 2100. The lowest BCUT2D eigenvalue weighted by atomic mass is 10.1. The van der Waals surface area contributed by atoms with Crippen molar-refractivity contribution in [2.45, 2.75) is 17.7 Å². The van der Waals surface area contributed by atoms with Gasteiger partial charge in [0.1, 0.15) is 11.7 Å². The first-order valence-corrected chi connectivity index (χ1v) is 17.2. The minimum atomic E-state index is -0.348. The van der Waals surface area contributed by atoms with Crippen molar-refractivity contribution in [1.82, 2.24) is 14.5 Å². The second kappa shape index (κ2) is 15.0. The van der Waals surface area contributed by atoms with Gasteiger partial charge in [-0.05, 0) is 85.9 Å². The molecule has 0 aliphatic carbocycles. The molecule has 2 N–H and O–H groups in total. The minimum Gasteiger partial charge on any atom is -0.383 e. The molecule has 250 valence electrons. The van der Waals surface area contributed by atoms with Crippen LogP contribution in [0, 0.1) is 0 Å². The summed E-state index contributed by atoms with van der Waals surface area (Å²) in [5.74, 6) is 0.894. The number of anilines is 2. The van der Waals surface area contributed by atoms with Gasteiger partial charge in [-0.1, -0.05) is 66.7 Å². The van der Waals surface area contributed by atoms with Crippen LogP contribution in [-0.4, -0.2) is 67.5 Å². The lowest BCUT2D eigenvalue weighted by Crippen LogP contribution is -2.26. The predicted octanol–water partition coefficient (Wildman–Crippen LogP) is 7.20. The largest absolute Gasteiger partial charge is 0.383 e. The van der Waals surface area contributed by atoms with Crippen molar-refractivity contribution >= 4 is 56.9 Å². The number of rotatable bonds is 12. The zero-order chi connectivity index (χ0) is 34.5. The third-order valence-corrected chi connectivity index (χ3v) is 9.84. The molecule has 0 atom stereocenters. The number of carbonyl (C=O) groups is 1. The fourth-order valence-corrected chi connectivity index (χ4v) is 6.95. The number of fused-ring (bicyclic) bond motifs is 2. The standard InChI is InChI=1S/C40H43N7OS/c1-44(2)25-26-47(49-37-16-10-13-32-33(37)14-9-15-35(32)45(3)4)31-22-23-36-34(27-31)42-38(46(36)5)24-19-28-17-20-29(21-18-28)39(41)43-40(48)30-11-7-6-8-12-30/h6-18,20-23,27H,19,24-26H2,1-5H3,(H2,41,43,48). The summed E-state index contributed by atoms with van der Waals surface area (Å²) in [6, 6.07) is 36.6. The normalized spacial score (nSPS) is 11.8. The van der Waals surface area contributed by atoms with Crippen LogP contribution in [0.4, 0.5) is 11.4 Å². The number of imidazole rings is 1. The average Bonchev–Trinajstić information content (AvgIpc) is 3.43. The topological polar surface area (TPSA) is 83.0 Å². The Kier molecular flexibility index (Phi) is 10.3. The van der Waals surface area contributed by atoms with E-state index in [-0.39, 0.29) is 11.7 Å². The molecule has 0 aliphatic heterocycles. The number of aryl methyl sites for hydroxylation is 3. The zero-order valence-corrected chi connectivity index (χ0v) is 29.6. The molecule has 8 nitrogen and oxygen atoms in total. The van der Waals surface area contributed by atoms with Crippen LogP contribution in [0.15, 0.2) is 119 Å². The number of nitrogens with zero attached hydrogens (tertiary/aromatic N) is 6. The van der Waals surface area contributed by atoms with Gasteiger partial charge in [0, 0.05) is 73.4 Å². The first-order valence-electron chi connectivity index (χ1n) is 16.5. The quantitative estimate of drug-likeness (QED) is 0.0839. The highest BCUT2D eigenvalue weighted by Crippen LogP contribution is 2.37. The summed E-state index contributed by atoms with van der Waals surface area (Å²) in [5, 5.41) is 2.50. The number of nitrogens with two attached hydrogens (primary N) is 1. The van der Waals surface area contributed by atoms with Gasteiger partial charge in [0.2, 0.25) is 0 Å². The molecule has 49 heavy (non-hydrogen) atoms. The van der Waals surface area contributed by atoms with E-state index in [1.54, 1.807) is 24.1 Å². The summed E-state index contributed by atoms with van der Waals surface area (Å²) in [6.07, 6.45) is 1.62. The second-order valence-corrected chi connectivity index (χ2v) is 13.7. The number of aromatic nitrogens is 2. The molecule has 0 radical (unpaired) electrons. The van der Waals surface area contributed by atoms with Gasteiger partial charge < -0.3 is 24.4 Å². The van der Waals surface area contributed by atoms with Gasteiger partial charge in [-0.2, -0.15) is 4.99 Å². The lowest BCUT2D eigenvalue weighted by Gasteiger charge is -2.26.